The molecule has 0 amide bonds. The molecule has 0 rings (SSSR count). The van der Waals surface area contributed by atoms with Gasteiger partial charge in [-0.05, 0) is 0 Å². The first kappa shape index (κ1) is 44.0. The first-order chi connectivity index (χ1) is 0. The molecule has 0 unspecified atom stereocenters. The summed E-state index contributed by atoms with van der Waals surface area (Å²) in [5, 5.41) is 0. The smallest absolute Gasteiger partial charge is 1.00 e. The van der Waals surface area contributed by atoms with Crippen LogP contribution >= 0.6 is 0 Å². The Morgan fingerprint density at radius 1 is 1.25 bits per heavy atom. The van der Waals surface area contributed by atoms with E-state index in [2.05, 4.69) is 0 Å². The third kappa shape index (κ3) is 9.36. The Morgan fingerprint density at radius 2 is 1.25 bits per heavy atom. The van der Waals surface area contributed by atoms with Gasteiger partial charge in [0, 0.05) is 0 Å². The fourth-order valence-electron chi connectivity index (χ4n) is 0. The van der Waals surface area contributed by atoms with Crippen LogP contribution in [-0.4, -0.2) is 60.6 Å². The van der Waals surface area contributed by atoms with E-state index in [4.69, 9.17) is 0 Å². The Labute approximate surface area is 67.5 Å². The molecule has 0 aromatic carbocycles. The average molecular weight is 110 g/mol. The minimum absolute atomic E-state index is 0. The van der Waals surface area contributed by atoms with Gasteiger partial charge in [0.25, 0.3) is 0 Å². The summed E-state index contributed by atoms with van der Waals surface area (Å²) in [6.07, 6.45) is 0. The Balaban J connectivity index is 0. The van der Waals surface area contributed by atoms with E-state index in [0.29, 0.717) is 0 Å². The molecule has 4 heavy (non-hydrogen) atoms. The van der Waals surface area contributed by atoms with E-state index < -0.39 is 0 Å². The van der Waals surface area contributed by atoms with Crippen LogP contribution in [0.1, 0.15) is 2.85 Å². The van der Waals surface area contributed by atoms with Gasteiger partial charge in [-0.3, -0.25) is 4.70 Å². The van der Waals surface area contributed by atoms with Crippen molar-refractivity contribution in [1.29, 1.82) is 0 Å². The van der Waals surface area contributed by atoms with Gasteiger partial charge in [0.1, 0.15) is 0 Å². The van der Waals surface area contributed by atoms with Crippen LogP contribution in [0.15, 0.2) is 0 Å². The molecule has 0 fully saturated rings. The van der Waals surface area contributed by atoms with E-state index in [1.54, 1.807) is 0 Å². The minimum Gasteiger partial charge on any atom is -1.00 e. The van der Waals surface area contributed by atoms with Crippen LogP contribution in [0.3, 0.4) is 0 Å². The van der Waals surface area contributed by atoms with Gasteiger partial charge in [-0.15, -0.1) is 0 Å². The normalized spacial score (nSPS) is 0. The molecule has 0 aliphatic rings. The molecule has 0 aromatic heterocycles. The maximum atomic E-state index is 0. The molecule has 2 N–H and O–H groups in total. The third-order valence-electron chi connectivity index (χ3n) is 0. The van der Waals surface area contributed by atoms with Gasteiger partial charge in [-0.1, -0.05) is 0 Å². The Morgan fingerprint density at radius 3 is 1.25 bits per heavy atom. The molecule has 0 aliphatic heterocycles. The SMILES string of the molecule is F.O.[AlH3].[Ca+2].[H-].[H-]. The van der Waals surface area contributed by atoms with E-state index in [0.717, 1.165) is 0 Å². The summed E-state index contributed by atoms with van der Waals surface area (Å²) in [4.78, 5) is 0. The summed E-state index contributed by atoms with van der Waals surface area (Å²) in [6, 6.07) is 0. The second-order valence-corrected chi connectivity index (χ2v) is 0. The van der Waals surface area contributed by atoms with Crippen LogP contribution in [0.25, 0.3) is 0 Å². The monoisotopic (exact) mass is 110 g/mol. The predicted octanol–water partition coefficient (Wildman–Crippen LogP) is -2.01. The molecule has 4 heteroatoms. The first-order valence-corrected chi connectivity index (χ1v) is 0. The number of rotatable bonds is 0. The number of halogens is 1. The second-order valence-electron chi connectivity index (χ2n) is 0. The maximum absolute atomic E-state index is 0. The van der Waals surface area contributed by atoms with E-state index in [1.165, 1.54) is 0 Å². The largest absolute Gasteiger partial charge is 2.00 e. The zero-order valence-electron chi connectivity index (χ0n) is 3.62. The van der Waals surface area contributed by atoms with E-state index in [-0.39, 0.29) is 68.1 Å². The number of hydrogen-bond acceptors (Lipinski definition) is 0. The average Bonchev–Trinajstić information content (AvgIpc) is 0. The topological polar surface area (TPSA) is 31.5 Å². The molecular formula is H8AlCaFO. The molecular weight excluding hydrogens is 102 g/mol. The van der Waals surface area contributed by atoms with Crippen molar-refractivity contribution in [3.8, 4) is 0 Å². The van der Waals surface area contributed by atoms with Gasteiger partial charge in [0.2, 0.25) is 0 Å². The molecule has 26 valence electrons. The van der Waals surface area contributed by atoms with Crippen LogP contribution < -0.4 is 0 Å². The second kappa shape index (κ2) is 22.4. The van der Waals surface area contributed by atoms with Crippen LogP contribution in [0.4, 0.5) is 4.70 Å². The third-order valence-corrected chi connectivity index (χ3v) is 0. The fourth-order valence-corrected chi connectivity index (χ4v) is 0. The van der Waals surface area contributed by atoms with Gasteiger partial charge < -0.3 is 8.33 Å². The van der Waals surface area contributed by atoms with Crippen molar-refractivity contribution in [2.45, 2.75) is 0 Å². The summed E-state index contributed by atoms with van der Waals surface area (Å²) >= 11 is 0. The Hall–Kier alpha value is 1.68. The zero-order valence-corrected chi connectivity index (χ0v) is 3.82. The Bertz CT molecular complexity index is 13.5. The van der Waals surface area contributed by atoms with Crippen molar-refractivity contribution in [2.24, 2.45) is 0 Å². The minimum atomic E-state index is 0. The summed E-state index contributed by atoms with van der Waals surface area (Å²) in [6.45, 7) is 0. The van der Waals surface area contributed by atoms with Crippen molar-refractivity contribution in [2.75, 3.05) is 0 Å². The van der Waals surface area contributed by atoms with Gasteiger partial charge in [0.15, 0.2) is 17.4 Å². The predicted molar refractivity (Wildman–Crippen MR) is 24.0 cm³/mol. The van der Waals surface area contributed by atoms with Crippen molar-refractivity contribution in [1.82, 2.24) is 0 Å². The van der Waals surface area contributed by atoms with Gasteiger partial charge in [-0.25, -0.2) is 0 Å². The summed E-state index contributed by atoms with van der Waals surface area (Å²) in [5.41, 5.74) is 0. The summed E-state index contributed by atoms with van der Waals surface area (Å²) in [5.74, 6) is 0. The molecule has 0 saturated carbocycles. The molecule has 0 spiro atoms. The molecule has 0 saturated heterocycles. The van der Waals surface area contributed by atoms with E-state index in [1.807, 2.05) is 0 Å². The zero-order chi connectivity index (χ0) is 0. The fraction of sp³-hybridized carbons (Fsp3) is 0. The molecule has 1 nitrogen and oxygen atoms in total. The molecule has 0 bridgehead atoms. The molecule has 0 radical (unpaired) electrons. The molecule has 0 aliphatic carbocycles. The maximum Gasteiger partial charge on any atom is 2.00 e. The first-order valence-electron chi connectivity index (χ1n) is 0. The van der Waals surface area contributed by atoms with Crippen molar-refractivity contribution < 1.29 is 13.0 Å². The van der Waals surface area contributed by atoms with Crippen molar-refractivity contribution in [3.63, 3.8) is 0 Å². The Kier molecular flexibility index (Phi) is 247. The molecule has 0 heterocycles. The van der Waals surface area contributed by atoms with Crippen LogP contribution in [-0.2, 0) is 0 Å². The molecule has 0 atom stereocenters. The standard InChI is InChI=1S/Al.Ca.FH.H2O.5H/h;;1H;1H2;;;;;/q;+2;;;;;;2*-1. The summed E-state index contributed by atoms with van der Waals surface area (Å²) < 4.78 is 0. The van der Waals surface area contributed by atoms with E-state index in [9.17, 15) is 0 Å². The summed E-state index contributed by atoms with van der Waals surface area (Å²) in [7, 11) is 0. The number of hydrogen-bond donors (Lipinski definition) is 0. The van der Waals surface area contributed by atoms with Crippen LogP contribution in [0.2, 0.25) is 0 Å². The van der Waals surface area contributed by atoms with Gasteiger partial charge in [0.05, 0.1) is 0 Å². The van der Waals surface area contributed by atoms with Crippen LogP contribution in [0.5, 0.6) is 0 Å². The quantitative estimate of drug-likeness (QED) is 0.323. The van der Waals surface area contributed by atoms with Crippen molar-refractivity contribution in [3.05, 3.63) is 0 Å². The van der Waals surface area contributed by atoms with E-state index >= 15 is 0 Å². The van der Waals surface area contributed by atoms with Gasteiger partial charge >= 0.3 is 37.7 Å². The van der Waals surface area contributed by atoms with Gasteiger partial charge in [-0.2, -0.15) is 0 Å². The van der Waals surface area contributed by atoms with Crippen LogP contribution in [0, 0.1) is 0 Å². The van der Waals surface area contributed by atoms with Crippen molar-refractivity contribution >= 4 is 55.1 Å². The molecule has 0 aromatic rings.